The van der Waals surface area contributed by atoms with Gasteiger partial charge in [0.2, 0.25) is 11.1 Å². The molecule has 0 aliphatic carbocycles. The number of piperidine rings is 1. The first-order chi connectivity index (χ1) is 10.7. The smallest absolute Gasteiger partial charge is 0.233 e. The largest absolute Gasteiger partial charge is 0.508 e. The van der Waals surface area contributed by atoms with Gasteiger partial charge in [0.1, 0.15) is 5.75 Å². The number of aromatic hydroxyl groups is 1. The van der Waals surface area contributed by atoms with Crippen molar-refractivity contribution in [2.24, 2.45) is 0 Å². The zero-order valence-corrected chi connectivity index (χ0v) is 12.9. The first-order valence-electron chi connectivity index (χ1n) is 7.22. The van der Waals surface area contributed by atoms with E-state index < -0.39 is 0 Å². The van der Waals surface area contributed by atoms with Gasteiger partial charge in [-0.2, -0.15) is 4.68 Å². The highest BCUT2D eigenvalue weighted by Gasteiger charge is 2.18. The van der Waals surface area contributed by atoms with Crippen LogP contribution in [-0.4, -0.2) is 55.0 Å². The maximum Gasteiger partial charge on any atom is 0.233 e. The predicted molar refractivity (Wildman–Crippen MR) is 82.0 cm³/mol. The van der Waals surface area contributed by atoms with Crippen molar-refractivity contribution in [3.8, 4) is 11.4 Å². The van der Waals surface area contributed by atoms with Crippen LogP contribution >= 0.6 is 11.8 Å². The summed E-state index contributed by atoms with van der Waals surface area (Å²) in [6.07, 6.45) is 3.36. The summed E-state index contributed by atoms with van der Waals surface area (Å²) in [6.45, 7) is 1.69. The fourth-order valence-corrected chi connectivity index (χ4v) is 3.21. The summed E-state index contributed by atoms with van der Waals surface area (Å²) >= 11 is 1.31. The second-order valence-corrected chi connectivity index (χ2v) is 6.07. The van der Waals surface area contributed by atoms with E-state index in [0.29, 0.717) is 16.6 Å². The van der Waals surface area contributed by atoms with Gasteiger partial charge in [0, 0.05) is 19.2 Å². The Morgan fingerprint density at radius 3 is 2.86 bits per heavy atom. The van der Waals surface area contributed by atoms with Crippen molar-refractivity contribution in [1.82, 2.24) is 25.1 Å². The number of tetrazole rings is 1. The zero-order chi connectivity index (χ0) is 15.4. The summed E-state index contributed by atoms with van der Waals surface area (Å²) < 4.78 is 1.52. The highest BCUT2D eigenvalue weighted by molar-refractivity contribution is 7.99. The standard InChI is InChI=1S/C14H17N5O2S/c20-12-6-4-5-11(9-12)19-14(15-16-17-19)22-10-13(21)18-7-2-1-3-8-18/h4-6,9,20H,1-3,7-8,10H2. The first-order valence-corrected chi connectivity index (χ1v) is 8.21. The van der Waals surface area contributed by atoms with Crippen LogP contribution in [0.15, 0.2) is 29.4 Å². The number of carbonyl (C=O) groups excluding carboxylic acids is 1. The molecule has 0 spiro atoms. The molecule has 0 saturated carbocycles. The number of phenolic OH excluding ortho intramolecular Hbond substituents is 1. The van der Waals surface area contributed by atoms with Gasteiger partial charge in [0.15, 0.2) is 0 Å². The molecule has 22 heavy (non-hydrogen) atoms. The van der Waals surface area contributed by atoms with E-state index in [1.165, 1.54) is 22.9 Å². The molecule has 0 radical (unpaired) electrons. The summed E-state index contributed by atoms with van der Waals surface area (Å²) in [4.78, 5) is 14.1. The number of hydrogen-bond donors (Lipinski definition) is 1. The van der Waals surface area contributed by atoms with Crippen LogP contribution in [0.5, 0.6) is 5.75 Å². The van der Waals surface area contributed by atoms with Gasteiger partial charge >= 0.3 is 0 Å². The molecule has 2 heterocycles. The molecule has 1 aromatic heterocycles. The highest BCUT2D eigenvalue weighted by atomic mass is 32.2. The van der Waals surface area contributed by atoms with Crippen molar-refractivity contribution in [1.29, 1.82) is 0 Å². The highest BCUT2D eigenvalue weighted by Crippen LogP contribution is 2.21. The molecule has 0 bridgehead atoms. The molecule has 1 aromatic carbocycles. The Morgan fingerprint density at radius 2 is 2.09 bits per heavy atom. The van der Waals surface area contributed by atoms with Gasteiger partial charge in [0.25, 0.3) is 0 Å². The topological polar surface area (TPSA) is 84.1 Å². The third kappa shape index (κ3) is 3.38. The van der Waals surface area contributed by atoms with E-state index in [1.807, 2.05) is 4.90 Å². The number of hydrogen-bond acceptors (Lipinski definition) is 6. The third-order valence-corrected chi connectivity index (χ3v) is 4.45. The number of benzene rings is 1. The van der Waals surface area contributed by atoms with Crippen LogP contribution in [0.2, 0.25) is 0 Å². The quantitative estimate of drug-likeness (QED) is 0.859. The van der Waals surface area contributed by atoms with Gasteiger partial charge in [-0.25, -0.2) is 0 Å². The van der Waals surface area contributed by atoms with Crippen LogP contribution in [0.1, 0.15) is 19.3 Å². The molecule has 3 rings (SSSR count). The minimum atomic E-state index is 0.121. The van der Waals surface area contributed by atoms with Gasteiger partial charge in [0.05, 0.1) is 11.4 Å². The summed E-state index contributed by atoms with van der Waals surface area (Å²) in [7, 11) is 0. The van der Waals surface area contributed by atoms with E-state index in [0.717, 1.165) is 25.9 Å². The lowest BCUT2D eigenvalue weighted by Crippen LogP contribution is -2.36. The van der Waals surface area contributed by atoms with Gasteiger partial charge in [-0.15, -0.1) is 5.10 Å². The van der Waals surface area contributed by atoms with E-state index in [1.54, 1.807) is 24.3 Å². The molecule has 1 amide bonds. The molecule has 0 atom stereocenters. The number of amides is 1. The van der Waals surface area contributed by atoms with Crippen molar-refractivity contribution in [2.75, 3.05) is 18.8 Å². The van der Waals surface area contributed by atoms with Crippen LogP contribution < -0.4 is 0 Å². The lowest BCUT2D eigenvalue weighted by molar-refractivity contribution is -0.129. The van der Waals surface area contributed by atoms with Gasteiger partial charge in [-0.05, 0) is 41.8 Å². The zero-order valence-electron chi connectivity index (χ0n) is 12.1. The molecule has 1 fully saturated rings. The van der Waals surface area contributed by atoms with Gasteiger partial charge in [-0.1, -0.05) is 17.8 Å². The number of nitrogens with zero attached hydrogens (tertiary/aromatic N) is 5. The fourth-order valence-electron chi connectivity index (χ4n) is 2.42. The second-order valence-electron chi connectivity index (χ2n) is 5.12. The molecule has 1 aliphatic heterocycles. The molecular formula is C14H17N5O2S. The van der Waals surface area contributed by atoms with E-state index >= 15 is 0 Å². The van der Waals surface area contributed by atoms with E-state index in [-0.39, 0.29) is 11.7 Å². The SMILES string of the molecule is O=C(CSc1nnnn1-c1cccc(O)c1)N1CCCCC1. The molecule has 1 aliphatic rings. The molecule has 1 N–H and O–H groups in total. The van der Waals surface area contributed by atoms with Crippen LogP contribution in [-0.2, 0) is 4.79 Å². The molecule has 0 unspecified atom stereocenters. The summed E-state index contributed by atoms with van der Waals surface area (Å²) in [5, 5.41) is 21.6. The summed E-state index contributed by atoms with van der Waals surface area (Å²) in [5.41, 5.74) is 0.665. The lowest BCUT2D eigenvalue weighted by Gasteiger charge is -2.26. The monoisotopic (exact) mass is 319 g/mol. The molecule has 116 valence electrons. The van der Waals surface area contributed by atoms with Crippen molar-refractivity contribution in [3.05, 3.63) is 24.3 Å². The minimum Gasteiger partial charge on any atom is -0.508 e. The van der Waals surface area contributed by atoms with Crippen LogP contribution in [0, 0.1) is 0 Å². The van der Waals surface area contributed by atoms with Crippen LogP contribution in [0.3, 0.4) is 0 Å². The van der Waals surface area contributed by atoms with Crippen molar-refractivity contribution < 1.29 is 9.90 Å². The van der Waals surface area contributed by atoms with Crippen molar-refractivity contribution in [2.45, 2.75) is 24.4 Å². The lowest BCUT2D eigenvalue weighted by atomic mass is 10.1. The number of likely N-dealkylation sites (tertiary alicyclic amines) is 1. The van der Waals surface area contributed by atoms with Crippen LogP contribution in [0.4, 0.5) is 0 Å². The van der Waals surface area contributed by atoms with Gasteiger partial charge < -0.3 is 10.0 Å². The Balaban J connectivity index is 1.66. The van der Waals surface area contributed by atoms with Crippen molar-refractivity contribution in [3.63, 3.8) is 0 Å². The molecule has 8 heteroatoms. The molecular weight excluding hydrogens is 302 g/mol. The fraction of sp³-hybridized carbons (Fsp3) is 0.429. The number of carbonyl (C=O) groups is 1. The minimum absolute atomic E-state index is 0.121. The van der Waals surface area contributed by atoms with Crippen LogP contribution in [0.25, 0.3) is 5.69 Å². The Labute approximate surface area is 132 Å². The Kier molecular flexibility index (Phi) is 4.57. The van der Waals surface area contributed by atoms with E-state index in [9.17, 15) is 9.90 Å². The van der Waals surface area contributed by atoms with Gasteiger partial charge in [-0.3, -0.25) is 4.79 Å². The second kappa shape index (κ2) is 6.78. The van der Waals surface area contributed by atoms with E-state index in [4.69, 9.17) is 0 Å². The average Bonchev–Trinajstić information content (AvgIpc) is 3.02. The average molecular weight is 319 g/mol. The Hall–Kier alpha value is -2.09. The molecule has 1 saturated heterocycles. The molecule has 2 aromatic rings. The predicted octanol–water partition coefficient (Wildman–Crippen LogP) is 1.47. The first kappa shape index (κ1) is 14.8. The normalized spacial score (nSPS) is 15.0. The Bertz CT molecular complexity index is 654. The van der Waals surface area contributed by atoms with Crippen molar-refractivity contribution >= 4 is 17.7 Å². The third-order valence-electron chi connectivity index (χ3n) is 3.55. The number of phenols is 1. The summed E-state index contributed by atoms with van der Waals surface area (Å²) in [5.74, 6) is 0.586. The van der Waals surface area contributed by atoms with E-state index in [2.05, 4.69) is 15.5 Å². The summed E-state index contributed by atoms with van der Waals surface area (Å²) in [6, 6.07) is 6.68. The number of aromatic nitrogens is 4. The number of thioether (sulfide) groups is 1. The maximum absolute atomic E-state index is 12.2. The molecule has 7 nitrogen and oxygen atoms in total. The Morgan fingerprint density at radius 1 is 1.27 bits per heavy atom. The maximum atomic E-state index is 12.2. The number of rotatable bonds is 4.